The molecule has 1 atom stereocenters. The number of hydrogen-bond acceptors (Lipinski definition) is 5. The summed E-state index contributed by atoms with van der Waals surface area (Å²) in [6, 6.07) is 20.2. The molecule has 5 nitrogen and oxygen atoms in total. The van der Waals surface area contributed by atoms with Gasteiger partial charge in [0.25, 0.3) is 5.91 Å². The van der Waals surface area contributed by atoms with Crippen LogP contribution < -0.4 is 10.6 Å². The van der Waals surface area contributed by atoms with E-state index in [4.69, 9.17) is 23.2 Å². The molecule has 1 aromatic heterocycles. The molecule has 0 saturated heterocycles. The van der Waals surface area contributed by atoms with E-state index in [1.807, 2.05) is 61.7 Å². The first-order valence-corrected chi connectivity index (χ1v) is 13.7. The molecule has 0 fully saturated rings. The summed E-state index contributed by atoms with van der Waals surface area (Å²) in [5.41, 5.74) is 3.90. The van der Waals surface area contributed by atoms with Crippen LogP contribution in [-0.2, 0) is 4.79 Å². The standard InChI is InChI=1S/C27H23Cl2N3O2S2/c1-3-24(26(34)32-27-31-23(15-35-27)18-11-12-21(28)22(29)13-18)36-20-6-4-5-19(14-20)30-25(33)17-9-7-16(2)8-10-17/h4-15,24H,3H2,1-2H3,(H,30,33)(H,31,32,34). The number of nitrogens with one attached hydrogen (secondary N) is 2. The van der Waals surface area contributed by atoms with Gasteiger partial charge in [0.1, 0.15) is 0 Å². The molecule has 184 valence electrons. The van der Waals surface area contributed by atoms with Crippen molar-refractivity contribution in [1.29, 1.82) is 0 Å². The molecule has 36 heavy (non-hydrogen) atoms. The topological polar surface area (TPSA) is 71.1 Å². The summed E-state index contributed by atoms with van der Waals surface area (Å²) in [6.07, 6.45) is 0.626. The first kappa shape index (κ1) is 26.2. The Bertz CT molecular complexity index is 1390. The number of nitrogens with zero attached hydrogens (tertiary/aromatic N) is 1. The van der Waals surface area contributed by atoms with Gasteiger partial charge in [0.05, 0.1) is 21.0 Å². The van der Waals surface area contributed by atoms with Gasteiger partial charge in [0.2, 0.25) is 5.91 Å². The first-order chi connectivity index (χ1) is 17.3. The second-order valence-electron chi connectivity index (χ2n) is 8.02. The summed E-state index contributed by atoms with van der Waals surface area (Å²) in [6.45, 7) is 3.94. The Morgan fingerprint density at radius 3 is 2.50 bits per heavy atom. The van der Waals surface area contributed by atoms with E-state index in [0.29, 0.717) is 38.5 Å². The maximum Gasteiger partial charge on any atom is 0.255 e. The molecule has 3 aromatic carbocycles. The maximum atomic E-state index is 13.0. The normalized spacial score (nSPS) is 11.7. The fourth-order valence-electron chi connectivity index (χ4n) is 3.35. The van der Waals surface area contributed by atoms with Crippen LogP contribution in [-0.4, -0.2) is 22.0 Å². The van der Waals surface area contributed by atoms with Crippen molar-refractivity contribution in [2.75, 3.05) is 10.6 Å². The largest absolute Gasteiger partial charge is 0.322 e. The Labute approximate surface area is 228 Å². The first-order valence-electron chi connectivity index (χ1n) is 11.2. The van der Waals surface area contributed by atoms with Gasteiger partial charge in [-0.25, -0.2) is 4.98 Å². The number of thiazole rings is 1. The Kier molecular flexibility index (Phi) is 8.69. The highest BCUT2D eigenvalue weighted by Gasteiger charge is 2.20. The van der Waals surface area contributed by atoms with E-state index in [2.05, 4.69) is 15.6 Å². The minimum Gasteiger partial charge on any atom is -0.322 e. The van der Waals surface area contributed by atoms with E-state index < -0.39 is 0 Å². The summed E-state index contributed by atoms with van der Waals surface area (Å²) >= 11 is 14.9. The van der Waals surface area contributed by atoms with E-state index >= 15 is 0 Å². The van der Waals surface area contributed by atoms with Gasteiger partial charge in [-0.05, 0) is 55.8 Å². The average Bonchev–Trinajstić information content (AvgIpc) is 3.33. The molecule has 4 rings (SSSR count). The van der Waals surface area contributed by atoms with Crippen molar-refractivity contribution in [3.05, 3.63) is 93.3 Å². The molecule has 0 radical (unpaired) electrons. The Morgan fingerprint density at radius 1 is 1.00 bits per heavy atom. The number of anilines is 2. The quantitative estimate of drug-likeness (QED) is 0.215. The van der Waals surface area contributed by atoms with Gasteiger partial charge in [-0.1, -0.05) is 60.0 Å². The lowest BCUT2D eigenvalue weighted by Crippen LogP contribution is -2.24. The molecule has 0 saturated carbocycles. The fraction of sp³-hybridized carbons (Fsp3) is 0.148. The van der Waals surface area contributed by atoms with Crippen molar-refractivity contribution in [2.24, 2.45) is 0 Å². The highest BCUT2D eigenvalue weighted by Crippen LogP contribution is 2.32. The summed E-state index contributed by atoms with van der Waals surface area (Å²) in [4.78, 5) is 31.0. The van der Waals surface area contributed by atoms with E-state index in [-0.39, 0.29) is 17.1 Å². The molecule has 9 heteroatoms. The number of benzene rings is 3. The summed E-state index contributed by atoms with van der Waals surface area (Å²) in [7, 11) is 0. The third-order valence-electron chi connectivity index (χ3n) is 5.30. The second-order valence-corrected chi connectivity index (χ2v) is 11.0. The van der Waals surface area contributed by atoms with Crippen LogP contribution in [0.1, 0.15) is 29.3 Å². The molecular weight excluding hydrogens is 533 g/mol. The Hall–Kier alpha value is -2.84. The van der Waals surface area contributed by atoms with Crippen LogP contribution in [0.4, 0.5) is 10.8 Å². The highest BCUT2D eigenvalue weighted by atomic mass is 35.5. The van der Waals surface area contributed by atoms with Crippen LogP contribution in [0.3, 0.4) is 0 Å². The van der Waals surface area contributed by atoms with Crippen LogP contribution in [0.5, 0.6) is 0 Å². The van der Waals surface area contributed by atoms with Crippen molar-refractivity contribution in [2.45, 2.75) is 30.4 Å². The van der Waals surface area contributed by atoms with E-state index in [0.717, 1.165) is 16.0 Å². The third-order valence-corrected chi connectivity index (χ3v) is 8.15. The van der Waals surface area contributed by atoms with Crippen molar-refractivity contribution in [3.8, 4) is 11.3 Å². The molecule has 4 aromatic rings. The minimum absolute atomic E-state index is 0.133. The molecule has 0 bridgehead atoms. The second kappa shape index (κ2) is 11.9. The lowest BCUT2D eigenvalue weighted by molar-refractivity contribution is -0.115. The van der Waals surface area contributed by atoms with Crippen LogP contribution in [0.2, 0.25) is 10.0 Å². The van der Waals surface area contributed by atoms with Gasteiger partial charge < -0.3 is 10.6 Å². The molecule has 1 unspecified atom stereocenters. The number of carbonyl (C=O) groups excluding carboxylic acids is 2. The minimum atomic E-state index is -0.328. The van der Waals surface area contributed by atoms with Crippen molar-refractivity contribution < 1.29 is 9.59 Å². The summed E-state index contributed by atoms with van der Waals surface area (Å²) < 4.78 is 0. The lowest BCUT2D eigenvalue weighted by Gasteiger charge is -2.14. The smallest absolute Gasteiger partial charge is 0.255 e. The van der Waals surface area contributed by atoms with Gasteiger partial charge in [-0.2, -0.15) is 0 Å². The number of thioether (sulfide) groups is 1. The molecule has 0 aliphatic rings. The molecule has 1 heterocycles. The summed E-state index contributed by atoms with van der Waals surface area (Å²) in [5.74, 6) is -0.310. The van der Waals surface area contributed by atoms with Gasteiger partial charge in [-0.3, -0.25) is 9.59 Å². The predicted octanol–water partition coefficient (Wildman–Crippen LogP) is 8.19. The monoisotopic (exact) mass is 555 g/mol. The lowest BCUT2D eigenvalue weighted by atomic mass is 10.1. The van der Waals surface area contributed by atoms with Crippen molar-refractivity contribution in [1.82, 2.24) is 4.98 Å². The third kappa shape index (κ3) is 6.68. The highest BCUT2D eigenvalue weighted by molar-refractivity contribution is 8.00. The van der Waals surface area contributed by atoms with Crippen LogP contribution in [0.25, 0.3) is 11.3 Å². The zero-order chi connectivity index (χ0) is 25.7. The van der Waals surface area contributed by atoms with Crippen molar-refractivity contribution in [3.63, 3.8) is 0 Å². The van der Waals surface area contributed by atoms with Crippen LogP contribution in [0, 0.1) is 6.92 Å². The Balaban J connectivity index is 1.40. The van der Waals surface area contributed by atoms with E-state index in [9.17, 15) is 9.59 Å². The number of aromatic nitrogens is 1. The number of halogens is 2. The van der Waals surface area contributed by atoms with E-state index in [1.54, 1.807) is 24.3 Å². The zero-order valence-electron chi connectivity index (χ0n) is 19.5. The molecular formula is C27H23Cl2N3O2S2. The molecule has 0 aliphatic carbocycles. The number of carbonyl (C=O) groups is 2. The van der Waals surface area contributed by atoms with Crippen LogP contribution in [0.15, 0.2) is 77.0 Å². The van der Waals surface area contributed by atoms with Gasteiger partial charge >= 0.3 is 0 Å². The summed E-state index contributed by atoms with van der Waals surface area (Å²) in [5, 5.41) is 8.82. The van der Waals surface area contributed by atoms with Gasteiger partial charge in [-0.15, -0.1) is 23.1 Å². The number of aryl methyl sites for hydroxylation is 1. The zero-order valence-corrected chi connectivity index (χ0v) is 22.7. The molecule has 2 amide bonds. The van der Waals surface area contributed by atoms with Crippen molar-refractivity contribution >= 4 is 68.9 Å². The number of rotatable bonds is 8. The molecule has 0 aliphatic heterocycles. The number of amides is 2. The number of hydrogen-bond donors (Lipinski definition) is 2. The Morgan fingerprint density at radius 2 is 1.78 bits per heavy atom. The van der Waals surface area contributed by atoms with Gasteiger partial charge in [0, 0.05) is 27.1 Å². The maximum absolute atomic E-state index is 13.0. The van der Waals surface area contributed by atoms with Gasteiger partial charge in [0.15, 0.2) is 5.13 Å². The van der Waals surface area contributed by atoms with E-state index in [1.165, 1.54) is 23.1 Å². The molecule has 2 N–H and O–H groups in total. The molecule has 0 spiro atoms. The predicted molar refractivity (Wildman–Crippen MR) is 152 cm³/mol. The average molecular weight is 557 g/mol. The fourth-order valence-corrected chi connectivity index (χ4v) is 5.38. The van der Waals surface area contributed by atoms with Crippen LogP contribution >= 0.6 is 46.3 Å². The SMILES string of the molecule is CCC(Sc1cccc(NC(=O)c2ccc(C)cc2)c1)C(=O)Nc1nc(-c2ccc(Cl)c(Cl)c2)cs1.